The lowest BCUT2D eigenvalue weighted by molar-refractivity contribution is 0.103. The third-order valence-corrected chi connectivity index (χ3v) is 2.49. The highest BCUT2D eigenvalue weighted by Crippen LogP contribution is 2.15. The van der Waals surface area contributed by atoms with Gasteiger partial charge in [0.1, 0.15) is 5.75 Å². The maximum absolute atomic E-state index is 11.7. The van der Waals surface area contributed by atoms with E-state index >= 15 is 0 Å². The number of carbonyl (C=O) groups is 1. The van der Waals surface area contributed by atoms with E-state index in [-0.39, 0.29) is 22.5 Å². The van der Waals surface area contributed by atoms with Crippen LogP contribution >= 0.6 is 11.5 Å². The zero-order chi connectivity index (χ0) is 10.8. The van der Waals surface area contributed by atoms with Crippen molar-refractivity contribution in [3.05, 3.63) is 34.8 Å². The molecule has 0 aliphatic heterocycles. The number of carbonyl (C=O) groups excluding carboxylic acids is 1. The Bertz CT molecular complexity index is 492. The largest absolute Gasteiger partial charge is 0.508 e. The molecule has 0 unspecified atom stereocenters. The van der Waals surface area contributed by atoms with Crippen molar-refractivity contribution in [2.24, 2.45) is 0 Å². The van der Waals surface area contributed by atoms with Gasteiger partial charge >= 0.3 is 0 Å². The molecule has 0 radical (unpaired) electrons. The zero-order valence-electron chi connectivity index (χ0n) is 7.54. The summed E-state index contributed by atoms with van der Waals surface area (Å²) in [6.45, 7) is 0. The van der Waals surface area contributed by atoms with Crippen LogP contribution in [0.2, 0.25) is 0 Å². The standard InChI is InChI=1S/C9H7N3O2S/c10-9-11-8(15-12-9)7(14)5-1-3-6(13)4-2-5/h1-4,13H,(H2,10,12). The fourth-order valence-corrected chi connectivity index (χ4v) is 1.62. The van der Waals surface area contributed by atoms with Gasteiger partial charge in [-0.3, -0.25) is 4.79 Å². The minimum atomic E-state index is -0.246. The Morgan fingerprint density at radius 1 is 1.33 bits per heavy atom. The molecule has 2 rings (SSSR count). The summed E-state index contributed by atoms with van der Waals surface area (Å²) in [5.41, 5.74) is 5.76. The van der Waals surface area contributed by atoms with Crippen molar-refractivity contribution in [1.82, 2.24) is 9.36 Å². The summed E-state index contributed by atoms with van der Waals surface area (Å²) < 4.78 is 3.72. The summed E-state index contributed by atoms with van der Waals surface area (Å²) in [7, 11) is 0. The van der Waals surface area contributed by atoms with Crippen molar-refractivity contribution in [3.63, 3.8) is 0 Å². The Labute approximate surface area is 89.4 Å². The highest BCUT2D eigenvalue weighted by Gasteiger charge is 2.13. The molecule has 2 aromatic rings. The molecule has 1 heterocycles. The predicted octanol–water partition coefficient (Wildman–Crippen LogP) is 1.06. The molecule has 0 spiro atoms. The van der Waals surface area contributed by atoms with Crippen molar-refractivity contribution >= 4 is 23.3 Å². The number of phenolic OH excluding ortho intramolecular Hbond substituents is 1. The number of hydrogen-bond donors (Lipinski definition) is 2. The molecule has 0 bridgehead atoms. The van der Waals surface area contributed by atoms with Crippen molar-refractivity contribution in [2.45, 2.75) is 0 Å². The lowest BCUT2D eigenvalue weighted by Crippen LogP contribution is -2.00. The molecular weight excluding hydrogens is 214 g/mol. The molecule has 0 atom stereocenters. The second-order valence-electron chi connectivity index (χ2n) is 2.83. The van der Waals surface area contributed by atoms with E-state index in [0.29, 0.717) is 5.56 Å². The van der Waals surface area contributed by atoms with Crippen LogP contribution < -0.4 is 5.73 Å². The summed E-state index contributed by atoms with van der Waals surface area (Å²) in [4.78, 5) is 15.5. The van der Waals surface area contributed by atoms with Crippen molar-refractivity contribution in [2.75, 3.05) is 5.73 Å². The first-order chi connectivity index (χ1) is 7.16. The number of nitrogen functional groups attached to an aromatic ring is 1. The summed E-state index contributed by atoms with van der Waals surface area (Å²) in [6.07, 6.45) is 0. The number of rotatable bonds is 2. The van der Waals surface area contributed by atoms with Crippen LogP contribution in [0, 0.1) is 0 Å². The van der Waals surface area contributed by atoms with Crippen LogP contribution in [0.25, 0.3) is 0 Å². The van der Waals surface area contributed by atoms with Gasteiger partial charge in [0.05, 0.1) is 0 Å². The van der Waals surface area contributed by atoms with Gasteiger partial charge < -0.3 is 10.8 Å². The minimum absolute atomic E-state index is 0.0992. The van der Waals surface area contributed by atoms with E-state index in [1.54, 1.807) is 0 Å². The number of benzene rings is 1. The summed E-state index contributed by atoms with van der Waals surface area (Å²) >= 11 is 0.959. The van der Waals surface area contributed by atoms with Crippen LogP contribution in [0.4, 0.5) is 5.95 Å². The maximum Gasteiger partial charge on any atom is 0.232 e. The molecule has 0 saturated carbocycles. The van der Waals surface area contributed by atoms with Crippen LogP contribution in [0.1, 0.15) is 15.4 Å². The highest BCUT2D eigenvalue weighted by molar-refractivity contribution is 7.08. The molecule has 5 nitrogen and oxygen atoms in total. The van der Waals surface area contributed by atoms with E-state index in [2.05, 4.69) is 9.36 Å². The van der Waals surface area contributed by atoms with Gasteiger partial charge in [-0.1, -0.05) is 0 Å². The SMILES string of the molecule is Nc1nsc(C(=O)c2ccc(O)cc2)n1. The average molecular weight is 221 g/mol. The van der Waals surface area contributed by atoms with Crippen LogP contribution in [0.15, 0.2) is 24.3 Å². The van der Waals surface area contributed by atoms with Crippen molar-refractivity contribution in [1.29, 1.82) is 0 Å². The molecular formula is C9H7N3O2S. The second-order valence-corrected chi connectivity index (χ2v) is 3.59. The Morgan fingerprint density at radius 3 is 2.53 bits per heavy atom. The monoisotopic (exact) mass is 221 g/mol. The number of nitrogens with two attached hydrogens (primary N) is 1. The topological polar surface area (TPSA) is 89.1 Å². The second kappa shape index (κ2) is 3.66. The number of hydrogen-bond acceptors (Lipinski definition) is 6. The molecule has 0 aliphatic carbocycles. The van der Waals surface area contributed by atoms with Gasteiger partial charge in [0.2, 0.25) is 11.7 Å². The normalized spacial score (nSPS) is 10.1. The fourth-order valence-electron chi connectivity index (χ4n) is 1.06. The van der Waals surface area contributed by atoms with E-state index in [1.807, 2.05) is 0 Å². The summed E-state index contributed by atoms with van der Waals surface area (Å²) in [5, 5.41) is 9.30. The molecule has 0 fully saturated rings. The third-order valence-electron chi connectivity index (χ3n) is 1.77. The molecule has 76 valence electrons. The molecule has 1 aromatic heterocycles. The van der Waals surface area contributed by atoms with Crippen LogP contribution in [0.3, 0.4) is 0 Å². The Balaban J connectivity index is 2.32. The van der Waals surface area contributed by atoms with Crippen molar-refractivity contribution in [3.8, 4) is 5.75 Å². The van der Waals surface area contributed by atoms with Crippen LogP contribution in [-0.2, 0) is 0 Å². The molecule has 1 aromatic carbocycles. The number of anilines is 1. The number of aromatic hydroxyl groups is 1. The van der Waals surface area contributed by atoms with Gasteiger partial charge in [-0.25, -0.2) is 0 Å². The number of phenols is 1. The first kappa shape index (κ1) is 9.60. The fraction of sp³-hybridized carbons (Fsp3) is 0. The lowest BCUT2D eigenvalue weighted by Gasteiger charge is -1.96. The molecule has 15 heavy (non-hydrogen) atoms. The minimum Gasteiger partial charge on any atom is -0.508 e. The van der Waals surface area contributed by atoms with Gasteiger partial charge in [0.15, 0.2) is 5.01 Å². The Morgan fingerprint density at radius 2 is 2.00 bits per heavy atom. The Hall–Kier alpha value is -1.95. The molecule has 0 aliphatic rings. The molecule has 0 saturated heterocycles. The summed E-state index contributed by atoms with van der Waals surface area (Å²) in [5.74, 6) is -0.0327. The van der Waals surface area contributed by atoms with Crippen molar-refractivity contribution < 1.29 is 9.90 Å². The highest BCUT2D eigenvalue weighted by atomic mass is 32.1. The van der Waals surface area contributed by atoms with Gasteiger partial charge in [0, 0.05) is 5.56 Å². The first-order valence-corrected chi connectivity index (χ1v) is 4.87. The van der Waals surface area contributed by atoms with Gasteiger partial charge in [-0.2, -0.15) is 9.36 Å². The molecule has 6 heteroatoms. The number of aromatic nitrogens is 2. The lowest BCUT2D eigenvalue weighted by atomic mass is 10.1. The molecule has 3 N–H and O–H groups in total. The third kappa shape index (κ3) is 1.94. The molecule has 0 amide bonds. The Kier molecular flexibility index (Phi) is 2.34. The smallest absolute Gasteiger partial charge is 0.232 e. The predicted molar refractivity (Wildman–Crippen MR) is 55.9 cm³/mol. The van der Waals surface area contributed by atoms with E-state index in [4.69, 9.17) is 10.8 Å². The first-order valence-electron chi connectivity index (χ1n) is 4.10. The quantitative estimate of drug-likeness (QED) is 0.740. The van der Waals surface area contributed by atoms with Gasteiger partial charge in [0.25, 0.3) is 0 Å². The number of ketones is 1. The van der Waals surface area contributed by atoms with Crippen LogP contribution in [0.5, 0.6) is 5.75 Å². The maximum atomic E-state index is 11.7. The van der Waals surface area contributed by atoms with Gasteiger partial charge in [-0.15, -0.1) is 0 Å². The van der Waals surface area contributed by atoms with Crippen LogP contribution in [-0.4, -0.2) is 20.2 Å². The van der Waals surface area contributed by atoms with E-state index in [0.717, 1.165) is 11.5 Å². The van der Waals surface area contributed by atoms with E-state index in [1.165, 1.54) is 24.3 Å². The average Bonchev–Trinajstić information content (AvgIpc) is 2.65. The zero-order valence-corrected chi connectivity index (χ0v) is 8.36. The summed E-state index contributed by atoms with van der Waals surface area (Å²) in [6, 6.07) is 5.93. The number of nitrogens with zero attached hydrogens (tertiary/aromatic N) is 2. The van der Waals surface area contributed by atoms with E-state index in [9.17, 15) is 4.79 Å². The van der Waals surface area contributed by atoms with Gasteiger partial charge in [-0.05, 0) is 35.8 Å². The van der Waals surface area contributed by atoms with E-state index < -0.39 is 0 Å².